The van der Waals surface area contributed by atoms with E-state index in [0.717, 1.165) is 0 Å². The SMILES string of the molecule is O=C1CCn2cc(O)c(=O)c(O)c21. The fourth-order valence-corrected chi connectivity index (χ4v) is 1.44. The summed E-state index contributed by atoms with van der Waals surface area (Å²) in [7, 11) is 0. The summed E-state index contributed by atoms with van der Waals surface area (Å²) >= 11 is 0. The van der Waals surface area contributed by atoms with Gasteiger partial charge in [0.25, 0.3) is 5.43 Å². The smallest absolute Gasteiger partial charge is 0.265 e. The molecule has 0 saturated heterocycles. The lowest BCUT2D eigenvalue weighted by molar-refractivity contribution is 0.0992. The van der Waals surface area contributed by atoms with Crippen molar-refractivity contribution in [3.8, 4) is 11.5 Å². The second-order valence-corrected chi connectivity index (χ2v) is 2.91. The predicted octanol–water partition coefficient (Wildman–Crippen LogP) is -0.154. The Morgan fingerprint density at radius 2 is 2.00 bits per heavy atom. The second-order valence-electron chi connectivity index (χ2n) is 2.91. The molecule has 1 aromatic heterocycles. The first kappa shape index (κ1) is 7.85. The third-order valence-corrected chi connectivity index (χ3v) is 2.08. The highest BCUT2D eigenvalue weighted by Gasteiger charge is 2.25. The summed E-state index contributed by atoms with van der Waals surface area (Å²) in [5, 5.41) is 18.3. The normalized spacial score (nSPS) is 14.6. The van der Waals surface area contributed by atoms with E-state index in [9.17, 15) is 14.7 Å². The molecule has 0 radical (unpaired) electrons. The van der Waals surface area contributed by atoms with Gasteiger partial charge in [-0.15, -0.1) is 0 Å². The molecule has 0 atom stereocenters. The van der Waals surface area contributed by atoms with E-state index in [1.54, 1.807) is 0 Å². The number of hydrogen-bond acceptors (Lipinski definition) is 4. The van der Waals surface area contributed by atoms with Gasteiger partial charge in [-0.25, -0.2) is 0 Å². The molecule has 5 nitrogen and oxygen atoms in total. The summed E-state index contributed by atoms with van der Waals surface area (Å²) < 4.78 is 1.38. The van der Waals surface area contributed by atoms with Crippen molar-refractivity contribution in [2.45, 2.75) is 13.0 Å². The van der Waals surface area contributed by atoms with Gasteiger partial charge in [0.2, 0.25) is 0 Å². The third-order valence-electron chi connectivity index (χ3n) is 2.08. The summed E-state index contributed by atoms with van der Waals surface area (Å²) in [4.78, 5) is 22.2. The third kappa shape index (κ3) is 0.932. The van der Waals surface area contributed by atoms with Crippen molar-refractivity contribution in [2.24, 2.45) is 0 Å². The predicted molar refractivity (Wildman–Crippen MR) is 43.0 cm³/mol. The zero-order chi connectivity index (χ0) is 9.59. The van der Waals surface area contributed by atoms with E-state index in [2.05, 4.69) is 0 Å². The van der Waals surface area contributed by atoms with E-state index in [-0.39, 0.29) is 17.9 Å². The van der Waals surface area contributed by atoms with Crippen molar-refractivity contribution in [1.29, 1.82) is 0 Å². The molecule has 2 heterocycles. The van der Waals surface area contributed by atoms with Crippen molar-refractivity contribution in [1.82, 2.24) is 4.57 Å². The van der Waals surface area contributed by atoms with Gasteiger partial charge in [-0.1, -0.05) is 0 Å². The molecule has 1 aliphatic heterocycles. The second kappa shape index (κ2) is 2.35. The van der Waals surface area contributed by atoms with E-state index in [0.29, 0.717) is 6.54 Å². The molecule has 0 aliphatic carbocycles. The number of aryl methyl sites for hydroxylation is 1. The average Bonchev–Trinajstić information content (AvgIpc) is 2.43. The summed E-state index contributed by atoms with van der Waals surface area (Å²) in [6.45, 7) is 0.398. The first-order valence-electron chi connectivity index (χ1n) is 3.80. The Hall–Kier alpha value is -1.78. The Labute approximate surface area is 72.9 Å². The first-order valence-corrected chi connectivity index (χ1v) is 3.80. The number of pyridine rings is 1. The van der Waals surface area contributed by atoms with Crippen LogP contribution in [0, 0.1) is 0 Å². The monoisotopic (exact) mass is 181 g/mol. The van der Waals surface area contributed by atoms with Gasteiger partial charge in [-0.2, -0.15) is 0 Å². The Morgan fingerprint density at radius 1 is 1.31 bits per heavy atom. The molecule has 1 aliphatic rings. The maximum absolute atomic E-state index is 11.1. The molecule has 5 heteroatoms. The number of carbonyl (C=O) groups is 1. The minimum Gasteiger partial charge on any atom is -0.503 e. The molecule has 0 spiro atoms. The number of fused-ring (bicyclic) bond motifs is 1. The van der Waals surface area contributed by atoms with Gasteiger partial charge in [0, 0.05) is 13.0 Å². The van der Waals surface area contributed by atoms with Crippen molar-refractivity contribution in [3.63, 3.8) is 0 Å². The summed E-state index contributed by atoms with van der Waals surface area (Å²) in [6.07, 6.45) is 1.43. The van der Waals surface area contributed by atoms with Crippen LogP contribution in [0.15, 0.2) is 11.0 Å². The molecule has 0 fully saturated rings. The molecular weight excluding hydrogens is 174 g/mol. The van der Waals surface area contributed by atoms with Crippen molar-refractivity contribution >= 4 is 5.78 Å². The maximum atomic E-state index is 11.1. The van der Waals surface area contributed by atoms with Gasteiger partial charge in [0.15, 0.2) is 17.3 Å². The van der Waals surface area contributed by atoms with Gasteiger partial charge in [0.05, 0.1) is 6.20 Å². The van der Waals surface area contributed by atoms with Gasteiger partial charge in [-0.05, 0) is 0 Å². The Kier molecular flexibility index (Phi) is 1.42. The van der Waals surface area contributed by atoms with Crippen molar-refractivity contribution < 1.29 is 15.0 Å². The van der Waals surface area contributed by atoms with Gasteiger partial charge < -0.3 is 14.8 Å². The van der Waals surface area contributed by atoms with Crippen LogP contribution in [0.25, 0.3) is 0 Å². The summed E-state index contributed by atoms with van der Waals surface area (Å²) in [5.41, 5.74) is -0.885. The van der Waals surface area contributed by atoms with E-state index in [1.165, 1.54) is 10.8 Å². The van der Waals surface area contributed by atoms with Crippen LogP contribution in [0.5, 0.6) is 11.5 Å². The topological polar surface area (TPSA) is 79.5 Å². The van der Waals surface area contributed by atoms with Gasteiger partial charge in [0.1, 0.15) is 5.69 Å². The van der Waals surface area contributed by atoms with Crippen LogP contribution in [0.2, 0.25) is 0 Å². The zero-order valence-electron chi connectivity index (χ0n) is 6.65. The van der Waals surface area contributed by atoms with Crippen LogP contribution in [0.3, 0.4) is 0 Å². The van der Waals surface area contributed by atoms with Crippen molar-refractivity contribution in [3.05, 3.63) is 22.1 Å². The van der Waals surface area contributed by atoms with E-state index in [4.69, 9.17) is 5.11 Å². The Bertz CT molecular complexity index is 446. The summed E-state index contributed by atoms with van der Waals surface area (Å²) in [6, 6.07) is 0. The van der Waals surface area contributed by atoms with Crippen LogP contribution in [-0.2, 0) is 6.54 Å². The maximum Gasteiger partial charge on any atom is 0.265 e. The molecule has 68 valence electrons. The zero-order valence-corrected chi connectivity index (χ0v) is 6.65. The Morgan fingerprint density at radius 3 is 2.69 bits per heavy atom. The number of hydrogen-bond donors (Lipinski definition) is 2. The minimum absolute atomic E-state index is 0.00259. The highest BCUT2D eigenvalue weighted by Crippen LogP contribution is 2.23. The minimum atomic E-state index is -0.888. The average molecular weight is 181 g/mol. The lowest BCUT2D eigenvalue weighted by atomic mass is 10.2. The van der Waals surface area contributed by atoms with Crippen LogP contribution in [0.1, 0.15) is 16.9 Å². The van der Waals surface area contributed by atoms with E-state index in [1.807, 2.05) is 0 Å². The molecule has 1 aromatic rings. The number of aromatic hydroxyl groups is 2. The fourth-order valence-electron chi connectivity index (χ4n) is 1.44. The highest BCUT2D eigenvalue weighted by atomic mass is 16.3. The summed E-state index contributed by atoms with van der Waals surface area (Å²) in [5.74, 6) is -1.45. The number of aromatic nitrogens is 1. The molecule has 0 amide bonds. The van der Waals surface area contributed by atoms with E-state index >= 15 is 0 Å². The number of carbonyl (C=O) groups excluding carboxylic acids is 1. The largest absolute Gasteiger partial charge is 0.503 e. The molecule has 2 N–H and O–H groups in total. The van der Waals surface area contributed by atoms with Crippen LogP contribution >= 0.6 is 0 Å². The lowest BCUT2D eigenvalue weighted by Gasteiger charge is -2.03. The molecule has 0 bridgehead atoms. The molecule has 0 saturated carbocycles. The molecule has 0 unspecified atom stereocenters. The Balaban J connectivity index is 2.83. The number of Topliss-reactive ketones (excluding diaryl/α,β-unsaturated/α-hetero) is 1. The number of nitrogens with zero attached hydrogens (tertiary/aromatic N) is 1. The van der Waals surface area contributed by atoms with Gasteiger partial charge in [-0.3, -0.25) is 9.59 Å². The number of ketones is 1. The fraction of sp³-hybridized carbons (Fsp3) is 0.250. The lowest BCUT2D eigenvalue weighted by Crippen LogP contribution is -2.09. The molecule has 13 heavy (non-hydrogen) atoms. The van der Waals surface area contributed by atoms with Gasteiger partial charge >= 0.3 is 0 Å². The van der Waals surface area contributed by atoms with E-state index < -0.39 is 16.9 Å². The quantitative estimate of drug-likeness (QED) is 0.583. The standard InChI is InChI=1S/C8H7NO4/c10-4-1-2-9-3-5(11)7(12)8(13)6(4)9/h3,11,13H,1-2H2. The molecule has 2 rings (SSSR count). The molecular formula is C8H7NO4. The van der Waals surface area contributed by atoms with Crippen LogP contribution in [-0.4, -0.2) is 20.6 Å². The first-order chi connectivity index (χ1) is 6.11. The molecule has 0 aromatic carbocycles. The van der Waals surface area contributed by atoms with Crippen LogP contribution < -0.4 is 5.43 Å². The van der Waals surface area contributed by atoms with Crippen molar-refractivity contribution in [2.75, 3.05) is 0 Å². The highest BCUT2D eigenvalue weighted by molar-refractivity contribution is 5.98. The number of rotatable bonds is 0. The van der Waals surface area contributed by atoms with Crippen LogP contribution in [0.4, 0.5) is 0 Å².